The molecule has 1 aromatic carbocycles. The Morgan fingerprint density at radius 3 is 2.68 bits per heavy atom. The van der Waals surface area contributed by atoms with E-state index >= 15 is 0 Å². The van der Waals surface area contributed by atoms with E-state index in [1.54, 1.807) is 23.0 Å². The molecule has 2 aromatic rings. The number of carbonyl (C=O) groups is 2. The molecule has 19 heavy (non-hydrogen) atoms. The summed E-state index contributed by atoms with van der Waals surface area (Å²) in [7, 11) is 1.81. The lowest BCUT2D eigenvalue weighted by Gasteiger charge is -1.98. The van der Waals surface area contributed by atoms with Crippen LogP contribution in [0, 0.1) is 5.92 Å². The highest BCUT2D eigenvalue weighted by Crippen LogP contribution is 2.28. The Labute approximate surface area is 114 Å². The van der Waals surface area contributed by atoms with Gasteiger partial charge in [-0.2, -0.15) is 5.10 Å². The molecule has 0 spiro atoms. The second kappa shape index (κ2) is 5.40. The fourth-order valence-electron chi connectivity index (χ4n) is 1.69. The molecule has 0 amide bonds. The van der Waals surface area contributed by atoms with Crippen molar-refractivity contribution in [1.29, 1.82) is 0 Å². The Balaban J connectivity index is 0.000000186. The monoisotopic (exact) mass is 280 g/mol. The van der Waals surface area contributed by atoms with E-state index < -0.39 is 5.97 Å². The number of fused-ring (bicyclic) bond motifs is 1. The van der Waals surface area contributed by atoms with Crippen molar-refractivity contribution in [2.45, 2.75) is 12.8 Å². The third-order valence-corrected chi connectivity index (χ3v) is 3.16. The summed E-state index contributed by atoms with van der Waals surface area (Å²) in [5.74, 6) is -0.611. The van der Waals surface area contributed by atoms with Crippen LogP contribution in [0.1, 0.15) is 23.2 Å². The lowest BCUT2D eigenvalue weighted by molar-refractivity contribution is -0.138. The summed E-state index contributed by atoms with van der Waals surface area (Å²) in [6.45, 7) is 0. The molecule has 0 aliphatic heterocycles. The lowest BCUT2D eigenvalue weighted by Crippen LogP contribution is -1.94. The molecule has 1 N–H and O–H groups in total. The van der Waals surface area contributed by atoms with Gasteiger partial charge in [0.1, 0.15) is 6.29 Å². The number of carbonyl (C=O) groups excluding carboxylic acids is 1. The first kappa shape index (κ1) is 13.5. The first-order chi connectivity index (χ1) is 9.02. The molecule has 100 valence electrons. The van der Waals surface area contributed by atoms with Gasteiger partial charge in [-0.15, -0.1) is 0 Å². The van der Waals surface area contributed by atoms with Gasteiger partial charge in [-0.05, 0) is 25.0 Å². The topological polar surface area (TPSA) is 72.2 Å². The van der Waals surface area contributed by atoms with E-state index in [0.717, 1.165) is 30.0 Å². The van der Waals surface area contributed by atoms with Crippen LogP contribution in [-0.2, 0) is 11.8 Å². The van der Waals surface area contributed by atoms with Gasteiger partial charge in [0.25, 0.3) is 0 Å². The molecule has 1 saturated carbocycles. The van der Waals surface area contributed by atoms with E-state index in [2.05, 4.69) is 5.10 Å². The molecular formula is C13H13ClN2O3. The highest BCUT2D eigenvalue weighted by atomic mass is 35.5. The average molecular weight is 281 g/mol. The smallest absolute Gasteiger partial charge is 0.306 e. The zero-order valence-corrected chi connectivity index (χ0v) is 11.1. The largest absolute Gasteiger partial charge is 0.481 e. The minimum atomic E-state index is -0.630. The molecule has 3 rings (SSSR count). The Bertz CT molecular complexity index is 632. The molecule has 1 fully saturated rings. The van der Waals surface area contributed by atoms with Crippen molar-refractivity contribution >= 4 is 34.8 Å². The Morgan fingerprint density at radius 2 is 2.21 bits per heavy atom. The van der Waals surface area contributed by atoms with Crippen molar-refractivity contribution in [2.24, 2.45) is 13.0 Å². The zero-order chi connectivity index (χ0) is 14.0. The van der Waals surface area contributed by atoms with Gasteiger partial charge >= 0.3 is 5.97 Å². The number of hydrogen-bond donors (Lipinski definition) is 1. The fraction of sp³-hybridized carbons (Fsp3) is 0.308. The SMILES string of the molecule is Cn1ncc2cc(C=O)cc(Cl)c21.O=C(O)C1CC1. The summed E-state index contributed by atoms with van der Waals surface area (Å²) in [6, 6.07) is 3.40. The molecule has 0 saturated heterocycles. The summed E-state index contributed by atoms with van der Waals surface area (Å²) < 4.78 is 1.69. The number of halogens is 1. The summed E-state index contributed by atoms with van der Waals surface area (Å²) in [5, 5.41) is 13.5. The van der Waals surface area contributed by atoms with Crippen molar-refractivity contribution in [1.82, 2.24) is 9.78 Å². The number of aryl methyl sites for hydroxylation is 1. The van der Waals surface area contributed by atoms with E-state index in [1.165, 1.54) is 0 Å². The minimum absolute atomic E-state index is 0.0185. The molecule has 1 aliphatic carbocycles. The van der Waals surface area contributed by atoms with Crippen molar-refractivity contribution in [3.63, 3.8) is 0 Å². The Hall–Kier alpha value is -1.88. The number of aldehydes is 1. The highest BCUT2D eigenvalue weighted by Gasteiger charge is 2.28. The molecule has 5 nitrogen and oxygen atoms in total. The quantitative estimate of drug-likeness (QED) is 0.858. The van der Waals surface area contributed by atoms with Crippen molar-refractivity contribution < 1.29 is 14.7 Å². The van der Waals surface area contributed by atoms with E-state index in [4.69, 9.17) is 16.7 Å². The second-order valence-corrected chi connectivity index (χ2v) is 4.85. The van der Waals surface area contributed by atoms with Gasteiger partial charge in [-0.25, -0.2) is 0 Å². The van der Waals surface area contributed by atoms with Crippen LogP contribution < -0.4 is 0 Å². The molecule has 0 bridgehead atoms. The van der Waals surface area contributed by atoms with Gasteiger partial charge in [0, 0.05) is 18.0 Å². The Morgan fingerprint density at radius 1 is 1.53 bits per heavy atom. The number of carboxylic acid groups (broad SMARTS) is 1. The third kappa shape index (κ3) is 3.12. The molecule has 1 heterocycles. The van der Waals surface area contributed by atoms with E-state index in [-0.39, 0.29) is 5.92 Å². The van der Waals surface area contributed by atoms with E-state index in [1.807, 2.05) is 7.05 Å². The van der Waals surface area contributed by atoms with Crippen molar-refractivity contribution in [3.8, 4) is 0 Å². The molecule has 1 aliphatic rings. The van der Waals surface area contributed by atoms with Gasteiger partial charge in [-0.1, -0.05) is 11.6 Å². The normalized spacial score (nSPS) is 13.8. The average Bonchev–Trinajstić information content (AvgIpc) is 3.15. The standard InChI is InChI=1S/C9H7ClN2O.C4H6O2/c1-12-9-7(4-11-12)2-6(5-13)3-8(9)10;5-4(6)3-1-2-3/h2-5H,1H3;3H,1-2H2,(H,5,6). The van der Waals surface area contributed by atoms with Crippen LogP contribution in [0.15, 0.2) is 18.3 Å². The number of benzene rings is 1. The maximum atomic E-state index is 10.5. The maximum Gasteiger partial charge on any atom is 0.306 e. The summed E-state index contributed by atoms with van der Waals surface area (Å²) in [4.78, 5) is 20.3. The highest BCUT2D eigenvalue weighted by molar-refractivity contribution is 6.35. The zero-order valence-electron chi connectivity index (χ0n) is 10.3. The van der Waals surface area contributed by atoms with Crippen LogP contribution in [0.5, 0.6) is 0 Å². The van der Waals surface area contributed by atoms with Gasteiger partial charge < -0.3 is 5.11 Å². The first-order valence-corrected chi connectivity index (χ1v) is 6.20. The van der Waals surface area contributed by atoms with Crippen LogP contribution in [0.2, 0.25) is 5.02 Å². The third-order valence-electron chi connectivity index (χ3n) is 2.87. The molecule has 0 radical (unpaired) electrons. The molecule has 0 unspecified atom stereocenters. The van der Waals surface area contributed by atoms with Crippen molar-refractivity contribution in [2.75, 3.05) is 0 Å². The van der Waals surface area contributed by atoms with Gasteiger partial charge in [0.15, 0.2) is 0 Å². The van der Waals surface area contributed by atoms with Crippen LogP contribution in [0.25, 0.3) is 10.9 Å². The van der Waals surface area contributed by atoms with E-state index in [0.29, 0.717) is 10.6 Å². The predicted octanol–water partition coefficient (Wildman–Crippen LogP) is 2.52. The number of carboxylic acids is 1. The van der Waals surface area contributed by atoms with Gasteiger partial charge in [-0.3, -0.25) is 14.3 Å². The van der Waals surface area contributed by atoms with Crippen LogP contribution in [0.3, 0.4) is 0 Å². The fourth-order valence-corrected chi connectivity index (χ4v) is 2.04. The number of hydrogen-bond acceptors (Lipinski definition) is 3. The second-order valence-electron chi connectivity index (χ2n) is 4.44. The lowest BCUT2D eigenvalue weighted by atomic mass is 10.2. The van der Waals surface area contributed by atoms with Crippen LogP contribution in [0.4, 0.5) is 0 Å². The summed E-state index contributed by atoms with van der Waals surface area (Å²) in [6.07, 6.45) is 4.26. The van der Waals surface area contributed by atoms with Crippen molar-refractivity contribution in [3.05, 3.63) is 28.9 Å². The molecule has 6 heteroatoms. The summed E-state index contributed by atoms with van der Waals surface area (Å²) in [5.41, 5.74) is 1.43. The number of rotatable bonds is 2. The Kier molecular flexibility index (Phi) is 3.85. The van der Waals surface area contributed by atoms with Crippen LogP contribution >= 0.6 is 11.6 Å². The number of nitrogens with zero attached hydrogens (tertiary/aromatic N) is 2. The predicted molar refractivity (Wildman–Crippen MR) is 71.5 cm³/mol. The van der Waals surface area contributed by atoms with Gasteiger partial charge in [0.2, 0.25) is 0 Å². The number of aliphatic carboxylic acids is 1. The maximum absolute atomic E-state index is 10.5. The van der Waals surface area contributed by atoms with Crippen LogP contribution in [-0.4, -0.2) is 27.1 Å². The number of aromatic nitrogens is 2. The summed E-state index contributed by atoms with van der Waals surface area (Å²) >= 11 is 5.97. The van der Waals surface area contributed by atoms with E-state index in [9.17, 15) is 9.59 Å². The molecular weight excluding hydrogens is 268 g/mol. The van der Waals surface area contributed by atoms with Gasteiger partial charge in [0.05, 0.1) is 22.7 Å². The molecule has 0 atom stereocenters. The first-order valence-electron chi connectivity index (χ1n) is 5.82. The minimum Gasteiger partial charge on any atom is -0.481 e. The molecule has 1 aromatic heterocycles.